The molecule has 0 fully saturated rings. The van der Waals surface area contributed by atoms with Gasteiger partial charge in [0.2, 0.25) is 0 Å². The number of nitro groups is 1. The minimum atomic E-state index is -1.07. The zero-order valence-electron chi connectivity index (χ0n) is 11.7. The van der Waals surface area contributed by atoms with E-state index in [-0.39, 0.29) is 25.1 Å². The number of carbonyl (C=O) groups excluding carboxylic acids is 1. The van der Waals surface area contributed by atoms with E-state index in [1.807, 2.05) is 0 Å². The molecule has 0 saturated carbocycles. The van der Waals surface area contributed by atoms with Gasteiger partial charge in [0.05, 0.1) is 11.3 Å². The number of carboxylic acid groups (broad SMARTS) is 1. The van der Waals surface area contributed by atoms with E-state index in [1.165, 1.54) is 30.3 Å². The van der Waals surface area contributed by atoms with Crippen molar-refractivity contribution in [1.29, 1.82) is 0 Å². The van der Waals surface area contributed by atoms with Crippen molar-refractivity contribution in [1.82, 2.24) is 5.32 Å². The summed E-state index contributed by atoms with van der Waals surface area (Å²) in [6.45, 7) is 3.41. The maximum absolute atomic E-state index is 11.5. The van der Waals surface area contributed by atoms with Crippen molar-refractivity contribution in [2.75, 3.05) is 6.61 Å². The Morgan fingerprint density at radius 2 is 2.05 bits per heavy atom. The quantitative estimate of drug-likeness (QED) is 0.430. The Balaban J connectivity index is 2.71. The minimum Gasteiger partial charge on any atom is -0.481 e. The van der Waals surface area contributed by atoms with E-state index >= 15 is 0 Å². The van der Waals surface area contributed by atoms with Gasteiger partial charge in [-0.05, 0) is 12.0 Å². The predicted molar refractivity (Wildman–Crippen MR) is 77.5 cm³/mol. The number of nitro benzene ring substituents is 1. The van der Waals surface area contributed by atoms with Crippen molar-refractivity contribution < 1.29 is 24.4 Å². The number of alkyl carbamates (subject to hydrolysis) is 1. The zero-order valence-corrected chi connectivity index (χ0v) is 11.7. The number of carbonyl (C=O) groups is 2. The molecule has 0 spiro atoms. The fourth-order valence-electron chi connectivity index (χ4n) is 1.77. The first kappa shape index (κ1) is 17.2. The summed E-state index contributed by atoms with van der Waals surface area (Å²) in [6, 6.07) is 5.00. The third-order valence-corrected chi connectivity index (χ3v) is 2.70. The largest absolute Gasteiger partial charge is 0.481 e. The van der Waals surface area contributed by atoms with E-state index in [0.717, 1.165) is 0 Å². The lowest BCUT2D eigenvalue weighted by atomic mass is 10.0. The molecule has 1 aromatic carbocycles. The lowest BCUT2D eigenvalue weighted by Gasteiger charge is -2.16. The van der Waals surface area contributed by atoms with Gasteiger partial charge in [0, 0.05) is 18.2 Å². The molecule has 118 valence electrons. The SMILES string of the molecule is C=CCOC(=O)N[C@@H](CC(=O)O)Cc1ccc([N+](=O)[O-])cc1. The van der Waals surface area contributed by atoms with E-state index in [1.54, 1.807) is 0 Å². The van der Waals surface area contributed by atoms with E-state index in [0.29, 0.717) is 5.56 Å². The van der Waals surface area contributed by atoms with Gasteiger partial charge in [-0.15, -0.1) is 0 Å². The number of hydrogen-bond donors (Lipinski definition) is 2. The van der Waals surface area contributed by atoms with Crippen LogP contribution in [-0.2, 0) is 16.0 Å². The van der Waals surface area contributed by atoms with Crippen LogP contribution in [0.4, 0.5) is 10.5 Å². The van der Waals surface area contributed by atoms with Gasteiger partial charge in [-0.2, -0.15) is 0 Å². The minimum absolute atomic E-state index is 0.0170. The van der Waals surface area contributed by atoms with Gasteiger partial charge in [-0.3, -0.25) is 14.9 Å². The number of aliphatic carboxylic acids is 1. The average molecular weight is 308 g/mol. The van der Waals surface area contributed by atoms with Crippen molar-refractivity contribution in [2.24, 2.45) is 0 Å². The Hall–Kier alpha value is -2.90. The Kier molecular flexibility index (Phi) is 6.55. The molecule has 0 aliphatic rings. The molecule has 1 atom stereocenters. The van der Waals surface area contributed by atoms with Crippen LogP contribution in [-0.4, -0.2) is 34.7 Å². The highest BCUT2D eigenvalue weighted by atomic mass is 16.6. The van der Waals surface area contributed by atoms with Crippen LogP contribution in [0.5, 0.6) is 0 Å². The summed E-state index contributed by atoms with van der Waals surface area (Å²) in [5.41, 5.74) is 0.609. The Labute approximate surface area is 126 Å². The van der Waals surface area contributed by atoms with E-state index in [9.17, 15) is 19.7 Å². The van der Waals surface area contributed by atoms with Crippen molar-refractivity contribution in [3.05, 3.63) is 52.6 Å². The van der Waals surface area contributed by atoms with Crippen LogP contribution in [0.3, 0.4) is 0 Å². The first-order valence-corrected chi connectivity index (χ1v) is 6.41. The van der Waals surface area contributed by atoms with Gasteiger partial charge in [0.15, 0.2) is 0 Å². The maximum Gasteiger partial charge on any atom is 0.407 e. The first-order chi connectivity index (χ1) is 10.4. The molecule has 0 unspecified atom stereocenters. The lowest BCUT2D eigenvalue weighted by molar-refractivity contribution is -0.384. The molecule has 0 aliphatic carbocycles. The molecule has 8 heteroatoms. The summed E-state index contributed by atoms with van der Waals surface area (Å²) < 4.78 is 4.74. The monoisotopic (exact) mass is 308 g/mol. The number of rotatable bonds is 8. The number of hydrogen-bond acceptors (Lipinski definition) is 5. The average Bonchev–Trinajstić information content (AvgIpc) is 2.44. The molecule has 0 aliphatic heterocycles. The number of ether oxygens (including phenoxy) is 1. The Bertz CT molecular complexity index is 555. The molecule has 1 amide bonds. The molecule has 2 N–H and O–H groups in total. The number of carboxylic acids is 1. The fraction of sp³-hybridized carbons (Fsp3) is 0.286. The Morgan fingerprint density at radius 3 is 2.55 bits per heavy atom. The van der Waals surface area contributed by atoms with Crippen LogP contribution < -0.4 is 5.32 Å². The molecule has 0 saturated heterocycles. The highest BCUT2D eigenvalue weighted by molar-refractivity contribution is 5.71. The molecule has 0 radical (unpaired) electrons. The number of non-ortho nitro benzene ring substituents is 1. The molecule has 0 heterocycles. The summed E-state index contributed by atoms with van der Waals surface area (Å²) in [4.78, 5) is 32.4. The molecule has 1 rings (SSSR count). The number of benzene rings is 1. The molecule has 1 aromatic rings. The topological polar surface area (TPSA) is 119 Å². The second kappa shape index (κ2) is 8.40. The van der Waals surface area contributed by atoms with Crippen molar-refractivity contribution in [2.45, 2.75) is 18.9 Å². The Morgan fingerprint density at radius 1 is 1.41 bits per heavy atom. The van der Waals surface area contributed by atoms with Gasteiger partial charge < -0.3 is 15.2 Å². The van der Waals surface area contributed by atoms with E-state index in [2.05, 4.69) is 11.9 Å². The highest BCUT2D eigenvalue weighted by Crippen LogP contribution is 2.14. The van der Waals surface area contributed by atoms with Gasteiger partial charge in [0.1, 0.15) is 6.61 Å². The van der Waals surface area contributed by atoms with Crippen LogP contribution in [0.15, 0.2) is 36.9 Å². The van der Waals surface area contributed by atoms with Gasteiger partial charge in [-0.1, -0.05) is 24.8 Å². The van der Waals surface area contributed by atoms with Crippen LogP contribution in [0.25, 0.3) is 0 Å². The lowest BCUT2D eigenvalue weighted by Crippen LogP contribution is -2.38. The van der Waals surface area contributed by atoms with Crippen LogP contribution in [0, 0.1) is 10.1 Å². The van der Waals surface area contributed by atoms with Gasteiger partial charge in [0.25, 0.3) is 5.69 Å². The number of nitrogens with zero attached hydrogens (tertiary/aromatic N) is 1. The summed E-state index contributed by atoms with van der Waals surface area (Å²) in [6.07, 6.45) is 0.573. The van der Waals surface area contributed by atoms with E-state index < -0.39 is 23.0 Å². The second-order valence-corrected chi connectivity index (χ2v) is 4.45. The summed E-state index contributed by atoms with van der Waals surface area (Å²) in [5.74, 6) is -1.07. The summed E-state index contributed by atoms with van der Waals surface area (Å²) in [5, 5.41) is 21.9. The van der Waals surface area contributed by atoms with Crippen molar-refractivity contribution >= 4 is 17.7 Å². The first-order valence-electron chi connectivity index (χ1n) is 6.41. The predicted octanol–water partition coefficient (Wildman–Crippen LogP) is 1.89. The van der Waals surface area contributed by atoms with Crippen LogP contribution in [0.2, 0.25) is 0 Å². The standard InChI is InChI=1S/C14H16N2O6/c1-2-7-22-14(19)15-11(9-13(17)18)8-10-3-5-12(6-4-10)16(20)21/h2-6,11H,1,7-9H2,(H,15,19)(H,17,18)/t11-/m1/s1. The highest BCUT2D eigenvalue weighted by Gasteiger charge is 2.17. The molecular weight excluding hydrogens is 292 g/mol. The fourth-order valence-corrected chi connectivity index (χ4v) is 1.77. The van der Waals surface area contributed by atoms with E-state index in [4.69, 9.17) is 9.84 Å². The second-order valence-electron chi connectivity index (χ2n) is 4.45. The van der Waals surface area contributed by atoms with Gasteiger partial charge >= 0.3 is 12.1 Å². The van der Waals surface area contributed by atoms with Crippen molar-refractivity contribution in [3.63, 3.8) is 0 Å². The van der Waals surface area contributed by atoms with Gasteiger partial charge in [-0.25, -0.2) is 4.79 Å². The third kappa shape index (κ3) is 6.04. The smallest absolute Gasteiger partial charge is 0.407 e. The third-order valence-electron chi connectivity index (χ3n) is 2.70. The van der Waals surface area contributed by atoms with Crippen LogP contribution in [0.1, 0.15) is 12.0 Å². The summed E-state index contributed by atoms with van der Waals surface area (Å²) in [7, 11) is 0. The van der Waals surface area contributed by atoms with Crippen molar-refractivity contribution in [3.8, 4) is 0 Å². The normalized spacial score (nSPS) is 11.3. The zero-order chi connectivity index (χ0) is 16.5. The molecule has 22 heavy (non-hydrogen) atoms. The van der Waals surface area contributed by atoms with Crippen LogP contribution >= 0.6 is 0 Å². The molecule has 8 nitrogen and oxygen atoms in total. The molecule has 0 aromatic heterocycles. The molecular formula is C14H16N2O6. The maximum atomic E-state index is 11.5. The molecule has 0 bridgehead atoms. The number of nitrogens with one attached hydrogen (secondary N) is 1. The number of amides is 1. The summed E-state index contributed by atoms with van der Waals surface area (Å²) >= 11 is 0.